The number of rotatable bonds is 1. The number of amides is 1. The van der Waals surface area contributed by atoms with Gasteiger partial charge in [0.05, 0.1) is 12.3 Å². The van der Waals surface area contributed by atoms with E-state index in [0.29, 0.717) is 12.2 Å². The number of hydrogen-bond donors (Lipinski definition) is 1. The first kappa shape index (κ1) is 11.9. The van der Waals surface area contributed by atoms with Gasteiger partial charge in [0.15, 0.2) is 0 Å². The molecule has 0 saturated carbocycles. The number of aromatic nitrogens is 1. The molecule has 102 valence electrons. The molecule has 1 amide bonds. The zero-order chi connectivity index (χ0) is 14.2. The number of hydrogen-bond acceptors (Lipinski definition) is 2. The van der Waals surface area contributed by atoms with E-state index in [4.69, 9.17) is 0 Å². The third-order valence-corrected chi connectivity index (χ3v) is 3.75. The lowest BCUT2D eigenvalue weighted by atomic mass is 10.1. The minimum absolute atomic E-state index is 0.169. The fourth-order valence-corrected chi connectivity index (χ4v) is 2.72. The van der Waals surface area contributed by atoms with Crippen LogP contribution in [0.1, 0.15) is 16.1 Å². The third kappa shape index (κ3) is 1.92. The lowest BCUT2D eigenvalue weighted by Gasteiger charge is -2.08. The van der Waals surface area contributed by atoms with Gasteiger partial charge in [-0.1, -0.05) is 48.5 Å². The van der Waals surface area contributed by atoms with Crippen molar-refractivity contribution in [1.29, 1.82) is 0 Å². The first-order valence-electron chi connectivity index (χ1n) is 6.83. The van der Waals surface area contributed by atoms with Crippen molar-refractivity contribution in [1.82, 2.24) is 9.99 Å². The third-order valence-electron chi connectivity index (χ3n) is 3.75. The topological polar surface area (TPSA) is 46.4 Å². The summed E-state index contributed by atoms with van der Waals surface area (Å²) in [6.45, 7) is 0.575. The van der Waals surface area contributed by atoms with Crippen molar-refractivity contribution in [2.24, 2.45) is 5.10 Å². The Bertz CT molecular complexity index is 862. The minimum Gasteiger partial charge on any atom is -0.330 e. The number of benzene rings is 2. The van der Waals surface area contributed by atoms with Crippen molar-refractivity contribution >= 4 is 22.5 Å². The molecule has 1 N–H and O–H groups in total. The lowest BCUT2D eigenvalue weighted by Crippen LogP contribution is -2.17. The van der Waals surface area contributed by atoms with E-state index in [-0.39, 0.29) is 5.91 Å². The van der Waals surface area contributed by atoms with Crippen LogP contribution in [0.4, 0.5) is 0 Å². The Balaban J connectivity index is 1.89. The number of nitrogens with zero attached hydrogens (tertiary/aromatic N) is 2. The summed E-state index contributed by atoms with van der Waals surface area (Å²) < 4.78 is 2.02. The molecule has 4 rings (SSSR count). The van der Waals surface area contributed by atoms with Crippen molar-refractivity contribution in [2.75, 3.05) is 0 Å². The molecule has 0 radical (unpaired) electrons. The molecule has 0 saturated heterocycles. The second-order valence-electron chi connectivity index (χ2n) is 5.04. The predicted molar refractivity (Wildman–Crippen MR) is 82.4 cm³/mol. The molecule has 0 atom stereocenters. The second-order valence-corrected chi connectivity index (χ2v) is 5.04. The fraction of sp³-hybridized carbons (Fsp3) is 0.0588. The summed E-state index contributed by atoms with van der Waals surface area (Å²) in [6.07, 6.45) is 0. The molecular formula is C17H13N3O. The molecular weight excluding hydrogens is 262 g/mol. The van der Waals surface area contributed by atoms with E-state index in [1.807, 2.05) is 65.2 Å². The first-order valence-corrected chi connectivity index (χ1v) is 6.83. The maximum absolute atomic E-state index is 12.2. The molecule has 2 heterocycles. The van der Waals surface area contributed by atoms with Gasteiger partial charge >= 0.3 is 0 Å². The van der Waals surface area contributed by atoms with Crippen LogP contribution in [0, 0.1) is 0 Å². The van der Waals surface area contributed by atoms with E-state index in [9.17, 15) is 4.79 Å². The van der Waals surface area contributed by atoms with Gasteiger partial charge in [0.25, 0.3) is 5.91 Å². The van der Waals surface area contributed by atoms with Crippen LogP contribution in [-0.4, -0.2) is 16.2 Å². The van der Waals surface area contributed by atoms with Crippen molar-refractivity contribution in [3.8, 4) is 0 Å². The molecule has 1 aliphatic rings. The highest BCUT2D eigenvalue weighted by Crippen LogP contribution is 2.22. The number of nitrogens with one attached hydrogen (secondary N) is 1. The fourth-order valence-electron chi connectivity index (χ4n) is 2.72. The number of carbonyl (C=O) groups is 1. The van der Waals surface area contributed by atoms with Gasteiger partial charge in [-0.05, 0) is 17.7 Å². The van der Waals surface area contributed by atoms with E-state index >= 15 is 0 Å². The summed E-state index contributed by atoms with van der Waals surface area (Å²) in [4.78, 5) is 12.2. The van der Waals surface area contributed by atoms with Crippen LogP contribution in [0.5, 0.6) is 0 Å². The van der Waals surface area contributed by atoms with Crippen LogP contribution >= 0.6 is 0 Å². The number of carbonyl (C=O) groups excluding carboxylic acids is 1. The number of fused-ring (bicyclic) bond motifs is 3. The summed E-state index contributed by atoms with van der Waals surface area (Å²) in [5.41, 5.74) is 6.20. The van der Waals surface area contributed by atoms with Gasteiger partial charge < -0.3 is 4.57 Å². The molecule has 0 unspecified atom stereocenters. The highest BCUT2D eigenvalue weighted by Gasteiger charge is 2.20. The summed E-state index contributed by atoms with van der Waals surface area (Å²) in [7, 11) is 0. The average molecular weight is 275 g/mol. The van der Waals surface area contributed by atoms with Crippen LogP contribution in [0.15, 0.2) is 65.8 Å². The second kappa shape index (κ2) is 4.59. The lowest BCUT2D eigenvalue weighted by molar-refractivity contribution is 0.0949. The first-order chi connectivity index (χ1) is 10.3. The summed E-state index contributed by atoms with van der Waals surface area (Å²) >= 11 is 0. The molecule has 4 nitrogen and oxygen atoms in total. The van der Waals surface area contributed by atoms with Gasteiger partial charge in [-0.25, -0.2) is 5.43 Å². The zero-order valence-electron chi connectivity index (χ0n) is 11.3. The normalized spacial score (nSPS) is 14.3. The van der Waals surface area contributed by atoms with Crippen LogP contribution in [0.2, 0.25) is 0 Å². The standard InChI is InChI=1S/C17H13N3O/c21-17-16-10-13-8-4-5-9-15(13)20(16)11-14(18-19-17)12-6-2-1-3-7-12/h1-10H,11H2,(H,19,21). The largest absolute Gasteiger partial charge is 0.330 e. The molecule has 0 spiro atoms. The van der Waals surface area contributed by atoms with E-state index in [1.54, 1.807) is 0 Å². The molecule has 21 heavy (non-hydrogen) atoms. The molecule has 1 aromatic heterocycles. The Hall–Kier alpha value is -2.88. The molecule has 3 aromatic rings. The van der Waals surface area contributed by atoms with E-state index in [1.165, 1.54) is 0 Å². The molecule has 2 aromatic carbocycles. The number of hydrazone groups is 1. The van der Waals surface area contributed by atoms with Gasteiger partial charge in [-0.15, -0.1) is 0 Å². The Kier molecular flexibility index (Phi) is 2.60. The Labute approximate surface area is 121 Å². The molecule has 4 heteroatoms. The van der Waals surface area contributed by atoms with E-state index in [2.05, 4.69) is 10.5 Å². The van der Waals surface area contributed by atoms with Crippen molar-refractivity contribution < 1.29 is 4.79 Å². The van der Waals surface area contributed by atoms with Crippen LogP contribution in [-0.2, 0) is 6.54 Å². The van der Waals surface area contributed by atoms with E-state index in [0.717, 1.165) is 22.2 Å². The molecule has 0 fully saturated rings. The highest BCUT2D eigenvalue weighted by molar-refractivity contribution is 6.06. The molecule has 0 aliphatic carbocycles. The van der Waals surface area contributed by atoms with Gasteiger partial charge in [0.1, 0.15) is 5.69 Å². The number of para-hydroxylation sites is 1. The predicted octanol–water partition coefficient (Wildman–Crippen LogP) is 2.79. The monoisotopic (exact) mass is 275 g/mol. The minimum atomic E-state index is -0.169. The van der Waals surface area contributed by atoms with Gasteiger partial charge in [-0.3, -0.25) is 4.79 Å². The van der Waals surface area contributed by atoms with Gasteiger partial charge in [0.2, 0.25) is 0 Å². The smallest absolute Gasteiger partial charge is 0.288 e. The molecule has 1 aliphatic heterocycles. The Morgan fingerprint density at radius 1 is 1.00 bits per heavy atom. The Morgan fingerprint density at radius 2 is 1.76 bits per heavy atom. The van der Waals surface area contributed by atoms with Gasteiger partial charge in [0, 0.05) is 10.9 Å². The molecule has 0 bridgehead atoms. The van der Waals surface area contributed by atoms with Crippen molar-refractivity contribution in [3.63, 3.8) is 0 Å². The van der Waals surface area contributed by atoms with Gasteiger partial charge in [-0.2, -0.15) is 5.10 Å². The van der Waals surface area contributed by atoms with Crippen LogP contribution < -0.4 is 5.43 Å². The van der Waals surface area contributed by atoms with Crippen molar-refractivity contribution in [2.45, 2.75) is 6.54 Å². The van der Waals surface area contributed by atoms with Crippen LogP contribution in [0.3, 0.4) is 0 Å². The highest BCUT2D eigenvalue weighted by atomic mass is 16.2. The van der Waals surface area contributed by atoms with E-state index < -0.39 is 0 Å². The summed E-state index contributed by atoms with van der Waals surface area (Å²) in [5, 5.41) is 5.33. The van der Waals surface area contributed by atoms with Crippen molar-refractivity contribution in [3.05, 3.63) is 71.9 Å². The maximum atomic E-state index is 12.2. The average Bonchev–Trinajstić information content (AvgIpc) is 2.82. The zero-order valence-corrected chi connectivity index (χ0v) is 11.3. The Morgan fingerprint density at radius 3 is 2.62 bits per heavy atom. The quantitative estimate of drug-likeness (QED) is 0.729. The van der Waals surface area contributed by atoms with Crippen LogP contribution in [0.25, 0.3) is 10.9 Å². The summed E-state index contributed by atoms with van der Waals surface area (Å²) in [6, 6.07) is 19.8. The maximum Gasteiger partial charge on any atom is 0.288 e. The summed E-state index contributed by atoms with van der Waals surface area (Å²) in [5.74, 6) is -0.169. The SMILES string of the molecule is O=C1NN=C(c2ccccc2)Cn2c1cc1ccccc12.